The maximum Gasteiger partial charge on any atom is 0.427 e. The Bertz CT molecular complexity index is 690. The van der Waals surface area contributed by atoms with E-state index in [1.807, 2.05) is 0 Å². The van der Waals surface area contributed by atoms with E-state index in [2.05, 4.69) is 15.3 Å². The summed E-state index contributed by atoms with van der Waals surface area (Å²) in [6, 6.07) is 9.47. The first-order chi connectivity index (χ1) is 10.1. The molecular formula is C14H11N2O5-. The van der Waals surface area contributed by atoms with Crippen molar-refractivity contribution in [1.29, 1.82) is 0 Å². The van der Waals surface area contributed by atoms with Crippen LogP contribution in [-0.2, 0) is 4.74 Å². The normalized spacial score (nSPS) is 10.5. The quantitative estimate of drug-likeness (QED) is 0.667. The number of rotatable bonds is 4. The zero-order valence-corrected chi connectivity index (χ0v) is 11.0. The fourth-order valence-corrected chi connectivity index (χ4v) is 1.57. The Kier molecular flexibility index (Phi) is 4.35. The van der Waals surface area contributed by atoms with Crippen LogP contribution in [0.3, 0.4) is 0 Å². The Labute approximate surface area is 119 Å². The monoisotopic (exact) mass is 287 g/mol. The summed E-state index contributed by atoms with van der Waals surface area (Å²) in [4.78, 5) is 21.6. The van der Waals surface area contributed by atoms with Crippen molar-refractivity contribution in [3.8, 4) is 11.3 Å². The summed E-state index contributed by atoms with van der Waals surface area (Å²) < 4.78 is 9.81. The van der Waals surface area contributed by atoms with Crippen LogP contribution in [0.4, 0.5) is 4.79 Å². The molecule has 2 rings (SSSR count). The van der Waals surface area contributed by atoms with E-state index in [9.17, 15) is 14.7 Å². The van der Waals surface area contributed by atoms with Crippen LogP contribution in [0.1, 0.15) is 16.1 Å². The molecule has 0 fully saturated rings. The molecule has 0 atom stereocenters. The first kappa shape index (κ1) is 14.3. The Hall–Kier alpha value is -3.09. The van der Waals surface area contributed by atoms with Crippen molar-refractivity contribution in [2.24, 2.45) is 5.10 Å². The number of carboxylic acid groups (broad SMARTS) is 1. The summed E-state index contributed by atoms with van der Waals surface area (Å²) >= 11 is 0. The van der Waals surface area contributed by atoms with Crippen molar-refractivity contribution in [3.05, 3.63) is 47.7 Å². The third kappa shape index (κ3) is 3.69. The first-order valence-corrected chi connectivity index (χ1v) is 5.89. The molecule has 1 heterocycles. The summed E-state index contributed by atoms with van der Waals surface area (Å²) in [5.41, 5.74) is 2.77. The van der Waals surface area contributed by atoms with Crippen molar-refractivity contribution < 1.29 is 23.8 Å². The van der Waals surface area contributed by atoms with E-state index in [1.54, 1.807) is 24.3 Å². The molecule has 0 aliphatic rings. The first-order valence-electron chi connectivity index (χ1n) is 5.89. The van der Waals surface area contributed by atoms with Gasteiger partial charge in [0.2, 0.25) is 0 Å². The fraction of sp³-hybridized carbons (Fsp3) is 0.0714. The largest absolute Gasteiger partial charge is 0.545 e. The van der Waals surface area contributed by atoms with Crippen LogP contribution < -0.4 is 10.5 Å². The molecule has 1 aromatic carbocycles. The molecule has 7 heteroatoms. The topological polar surface area (TPSA) is 104 Å². The highest BCUT2D eigenvalue weighted by atomic mass is 16.5. The molecule has 0 spiro atoms. The van der Waals surface area contributed by atoms with Crippen LogP contribution in [0, 0.1) is 0 Å². The number of ether oxygens (including phenoxy) is 1. The van der Waals surface area contributed by atoms with Gasteiger partial charge >= 0.3 is 6.09 Å². The molecule has 21 heavy (non-hydrogen) atoms. The molecule has 0 radical (unpaired) electrons. The summed E-state index contributed by atoms with van der Waals surface area (Å²) in [7, 11) is 1.22. The number of carbonyl (C=O) groups excluding carboxylic acids is 2. The van der Waals surface area contributed by atoms with E-state index < -0.39 is 12.1 Å². The molecular weight excluding hydrogens is 276 g/mol. The Balaban J connectivity index is 2.14. The number of amides is 1. The summed E-state index contributed by atoms with van der Waals surface area (Å²) in [6.07, 6.45) is 0.600. The number of nitrogens with one attached hydrogen (secondary N) is 1. The van der Waals surface area contributed by atoms with Crippen molar-refractivity contribution >= 4 is 18.3 Å². The molecule has 2 aromatic rings. The number of nitrogens with zero attached hydrogens (tertiary/aromatic N) is 1. The van der Waals surface area contributed by atoms with E-state index in [-0.39, 0.29) is 5.56 Å². The summed E-state index contributed by atoms with van der Waals surface area (Å²) in [6.45, 7) is 0. The van der Waals surface area contributed by atoms with Crippen LogP contribution in [0.15, 0.2) is 45.9 Å². The summed E-state index contributed by atoms with van der Waals surface area (Å²) in [5, 5.41) is 14.4. The Morgan fingerprint density at radius 1 is 1.33 bits per heavy atom. The lowest BCUT2D eigenvalue weighted by Crippen LogP contribution is -2.22. The van der Waals surface area contributed by atoms with E-state index in [0.717, 1.165) is 0 Å². The fourth-order valence-electron chi connectivity index (χ4n) is 1.57. The average molecular weight is 287 g/mol. The second kappa shape index (κ2) is 6.38. The molecule has 0 saturated carbocycles. The van der Waals surface area contributed by atoms with Crippen molar-refractivity contribution in [2.75, 3.05) is 7.11 Å². The SMILES string of the molecule is COC(=O)NN=Cc1ccc(-c2cccc(C(=O)[O-])c2)o1. The number of benzene rings is 1. The second-order valence-electron chi connectivity index (χ2n) is 3.93. The second-order valence-corrected chi connectivity index (χ2v) is 3.93. The number of carbonyl (C=O) groups is 2. The Morgan fingerprint density at radius 2 is 2.14 bits per heavy atom. The van der Waals surface area contributed by atoms with Gasteiger partial charge in [0, 0.05) is 5.56 Å². The van der Waals surface area contributed by atoms with Gasteiger partial charge in [-0.1, -0.05) is 18.2 Å². The number of hydrazone groups is 1. The minimum Gasteiger partial charge on any atom is -0.545 e. The van der Waals surface area contributed by atoms with Gasteiger partial charge in [-0.05, 0) is 23.8 Å². The number of hydrogen-bond donors (Lipinski definition) is 1. The van der Waals surface area contributed by atoms with Gasteiger partial charge in [-0.15, -0.1) is 0 Å². The standard InChI is InChI=1S/C14H12N2O5/c1-20-14(19)16-15-8-11-5-6-12(21-11)9-3-2-4-10(7-9)13(17)18/h2-8H,1H3,(H,16,19)(H,17,18)/p-1. The van der Waals surface area contributed by atoms with Crippen LogP contribution in [0.25, 0.3) is 11.3 Å². The van der Waals surface area contributed by atoms with Gasteiger partial charge < -0.3 is 19.1 Å². The molecule has 0 aliphatic heterocycles. The molecule has 1 N–H and O–H groups in total. The van der Waals surface area contributed by atoms with Crippen molar-refractivity contribution in [1.82, 2.24) is 5.43 Å². The lowest BCUT2D eigenvalue weighted by Gasteiger charge is -2.03. The predicted octanol–water partition coefficient (Wildman–Crippen LogP) is 1.00. The van der Waals surface area contributed by atoms with Crippen LogP contribution in [-0.4, -0.2) is 25.4 Å². The smallest absolute Gasteiger partial charge is 0.427 e. The minimum atomic E-state index is -1.26. The third-order valence-electron chi connectivity index (χ3n) is 2.54. The van der Waals surface area contributed by atoms with Crippen LogP contribution in [0.2, 0.25) is 0 Å². The van der Waals surface area contributed by atoms with Crippen LogP contribution in [0.5, 0.6) is 0 Å². The van der Waals surface area contributed by atoms with Gasteiger partial charge in [-0.25, -0.2) is 10.2 Å². The highest BCUT2D eigenvalue weighted by Gasteiger charge is 2.05. The third-order valence-corrected chi connectivity index (χ3v) is 2.54. The van der Waals surface area contributed by atoms with E-state index in [0.29, 0.717) is 17.1 Å². The number of methoxy groups -OCH3 is 1. The highest BCUT2D eigenvalue weighted by molar-refractivity contribution is 5.87. The van der Waals surface area contributed by atoms with E-state index >= 15 is 0 Å². The molecule has 0 unspecified atom stereocenters. The zero-order valence-electron chi connectivity index (χ0n) is 11.0. The van der Waals surface area contributed by atoms with E-state index in [4.69, 9.17) is 4.42 Å². The molecule has 108 valence electrons. The van der Waals surface area contributed by atoms with E-state index in [1.165, 1.54) is 25.5 Å². The zero-order chi connectivity index (χ0) is 15.2. The molecule has 0 bridgehead atoms. The van der Waals surface area contributed by atoms with Gasteiger partial charge in [0.1, 0.15) is 11.5 Å². The van der Waals surface area contributed by atoms with Crippen molar-refractivity contribution in [3.63, 3.8) is 0 Å². The lowest BCUT2D eigenvalue weighted by molar-refractivity contribution is -0.255. The maximum atomic E-state index is 10.8. The van der Waals surface area contributed by atoms with Gasteiger partial charge in [0.05, 0.1) is 19.3 Å². The summed E-state index contributed by atoms with van der Waals surface area (Å²) in [5.74, 6) is -0.398. The minimum absolute atomic E-state index is 0.0616. The molecule has 1 amide bonds. The van der Waals surface area contributed by atoms with Gasteiger partial charge in [0.15, 0.2) is 0 Å². The maximum absolute atomic E-state index is 10.8. The van der Waals surface area contributed by atoms with Gasteiger partial charge in [0.25, 0.3) is 0 Å². The number of hydrogen-bond acceptors (Lipinski definition) is 6. The highest BCUT2D eigenvalue weighted by Crippen LogP contribution is 2.22. The lowest BCUT2D eigenvalue weighted by atomic mass is 10.1. The predicted molar refractivity (Wildman–Crippen MR) is 71.6 cm³/mol. The number of aromatic carboxylic acids is 1. The van der Waals surface area contributed by atoms with Crippen LogP contribution >= 0.6 is 0 Å². The van der Waals surface area contributed by atoms with Crippen molar-refractivity contribution in [2.45, 2.75) is 0 Å². The van der Waals surface area contributed by atoms with Gasteiger partial charge in [-0.3, -0.25) is 0 Å². The molecule has 7 nitrogen and oxygen atoms in total. The molecule has 0 aliphatic carbocycles. The number of furan rings is 1. The average Bonchev–Trinajstić information content (AvgIpc) is 2.96. The molecule has 1 aromatic heterocycles. The van der Waals surface area contributed by atoms with Gasteiger partial charge in [-0.2, -0.15) is 5.10 Å². The Morgan fingerprint density at radius 3 is 2.86 bits per heavy atom. The molecule has 0 saturated heterocycles. The number of carboxylic acids is 1.